The number of hydrogen-bond donors (Lipinski definition) is 1. The number of aliphatic hydroxyl groups is 1. The zero-order valence-electron chi connectivity index (χ0n) is 16.5. The molecule has 0 unspecified atom stereocenters. The van der Waals surface area contributed by atoms with Gasteiger partial charge in [0.1, 0.15) is 5.78 Å². The third-order valence-electron chi connectivity index (χ3n) is 8.99. The van der Waals surface area contributed by atoms with Gasteiger partial charge in [0.25, 0.3) is 0 Å². The maximum absolute atomic E-state index is 12.0. The van der Waals surface area contributed by atoms with Crippen LogP contribution in [0.2, 0.25) is 0 Å². The molecule has 142 valence electrons. The molecule has 0 aromatic rings. The Kier molecular flexibility index (Phi) is 4.80. The van der Waals surface area contributed by atoms with E-state index in [4.69, 9.17) is 0 Å². The largest absolute Gasteiger partial charge is 0.390 e. The van der Waals surface area contributed by atoms with E-state index in [1.165, 1.54) is 44.9 Å². The second kappa shape index (κ2) is 6.66. The average molecular weight is 347 g/mol. The van der Waals surface area contributed by atoms with Gasteiger partial charge in [0, 0.05) is 5.92 Å². The van der Waals surface area contributed by atoms with Gasteiger partial charge in [-0.1, -0.05) is 13.3 Å². The smallest absolute Gasteiger partial charge is 0.132 e. The van der Waals surface area contributed by atoms with E-state index in [0.717, 1.165) is 60.7 Å². The van der Waals surface area contributed by atoms with Gasteiger partial charge in [0.2, 0.25) is 0 Å². The van der Waals surface area contributed by atoms with Crippen molar-refractivity contribution in [1.82, 2.24) is 0 Å². The Morgan fingerprint density at radius 2 is 1.68 bits per heavy atom. The molecule has 0 spiro atoms. The summed E-state index contributed by atoms with van der Waals surface area (Å²) < 4.78 is 0. The molecule has 0 bridgehead atoms. The van der Waals surface area contributed by atoms with Crippen LogP contribution in [0.15, 0.2) is 0 Å². The van der Waals surface area contributed by atoms with Crippen LogP contribution in [0.4, 0.5) is 0 Å². The number of Topliss-reactive ketones (excluding diaryl/α,β-unsaturated/α-hetero) is 1. The Morgan fingerprint density at radius 1 is 0.920 bits per heavy atom. The third-order valence-corrected chi connectivity index (χ3v) is 8.99. The van der Waals surface area contributed by atoms with Crippen molar-refractivity contribution >= 4 is 5.78 Å². The summed E-state index contributed by atoms with van der Waals surface area (Å²) in [7, 11) is 0. The molecule has 0 amide bonds. The van der Waals surface area contributed by atoms with Gasteiger partial charge in [0.05, 0.1) is 5.60 Å². The van der Waals surface area contributed by atoms with Crippen molar-refractivity contribution in [2.75, 3.05) is 0 Å². The van der Waals surface area contributed by atoms with E-state index >= 15 is 0 Å². The Hall–Kier alpha value is -0.370. The lowest BCUT2D eigenvalue weighted by Gasteiger charge is -2.56. The van der Waals surface area contributed by atoms with Crippen LogP contribution in [-0.4, -0.2) is 16.5 Å². The van der Waals surface area contributed by atoms with Gasteiger partial charge < -0.3 is 5.11 Å². The van der Waals surface area contributed by atoms with E-state index in [1.54, 1.807) is 0 Å². The van der Waals surface area contributed by atoms with Gasteiger partial charge in [-0.25, -0.2) is 0 Å². The monoisotopic (exact) mass is 346 g/mol. The molecule has 4 saturated carbocycles. The first-order valence-electron chi connectivity index (χ1n) is 11.1. The average Bonchev–Trinajstić information content (AvgIpc) is 2.77. The molecule has 0 radical (unpaired) electrons. The van der Waals surface area contributed by atoms with E-state index in [9.17, 15) is 9.90 Å². The van der Waals surface area contributed by atoms with Crippen LogP contribution in [0.25, 0.3) is 0 Å². The molecule has 4 fully saturated rings. The molecular weight excluding hydrogens is 308 g/mol. The van der Waals surface area contributed by atoms with Crippen molar-refractivity contribution in [3.63, 3.8) is 0 Å². The third kappa shape index (κ3) is 3.33. The first-order chi connectivity index (χ1) is 11.9. The minimum absolute atomic E-state index is 0.343. The molecule has 0 heterocycles. The van der Waals surface area contributed by atoms with Crippen LogP contribution < -0.4 is 0 Å². The zero-order valence-corrected chi connectivity index (χ0v) is 16.5. The molecule has 4 aliphatic carbocycles. The SMILES string of the molecule is CC(=O)[C@H]1CCC[C@@H]2[C@H]3CC[C@@H]4C[C@](C)(O)CC[C@@H]4[C@H]3C[C@H](C)[C@H]2C1. The lowest BCUT2D eigenvalue weighted by Crippen LogP contribution is -2.50. The Labute approximate surface area is 154 Å². The lowest BCUT2D eigenvalue weighted by molar-refractivity contribution is -0.122. The van der Waals surface area contributed by atoms with Gasteiger partial charge in [-0.3, -0.25) is 4.79 Å². The van der Waals surface area contributed by atoms with E-state index in [-0.39, 0.29) is 0 Å². The van der Waals surface area contributed by atoms with E-state index in [2.05, 4.69) is 13.8 Å². The number of ketones is 1. The molecule has 1 N–H and O–H groups in total. The normalized spacial score (nSPS) is 53.1. The quantitative estimate of drug-likeness (QED) is 0.706. The van der Waals surface area contributed by atoms with Gasteiger partial charge in [-0.15, -0.1) is 0 Å². The van der Waals surface area contributed by atoms with Gasteiger partial charge >= 0.3 is 0 Å². The van der Waals surface area contributed by atoms with E-state index in [0.29, 0.717) is 11.7 Å². The fourth-order valence-corrected chi connectivity index (χ4v) is 7.83. The second-order valence-corrected chi connectivity index (χ2v) is 10.6. The lowest BCUT2D eigenvalue weighted by atomic mass is 9.49. The Bertz CT molecular complexity index is 510. The second-order valence-electron chi connectivity index (χ2n) is 10.6. The van der Waals surface area contributed by atoms with Crippen molar-refractivity contribution in [2.24, 2.45) is 47.3 Å². The van der Waals surface area contributed by atoms with Gasteiger partial charge in [-0.05, 0) is 113 Å². The maximum atomic E-state index is 12.0. The van der Waals surface area contributed by atoms with Crippen LogP contribution in [-0.2, 0) is 4.79 Å². The Balaban J connectivity index is 1.53. The van der Waals surface area contributed by atoms with Crippen LogP contribution in [0.3, 0.4) is 0 Å². The van der Waals surface area contributed by atoms with Crippen LogP contribution >= 0.6 is 0 Å². The summed E-state index contributed by atoms with van der Waals surface area (Å²) in [5, 5.41) is 10.5. The summed E-state index contributed by atoms with van der Waals surface area (Å²) in [4.78, 5) is 12.0. The summed E-state index contributed by atoms with van der Waals surface area (Å²) >= 11 is 0. The minimum atomic E-state index is -0.409. The standard InChI is InChI=1S/C23H38O2/c1-14-11-22-18-9-10-23(3,25)13-17(18)7-8-20(22)19-6-4-5-16(15(2)24)12-21(14)19/h14,16-22,25H,4-13H2,1-3H3/t14-,16-,17+,18-,19+,20+,21+,22+,23+/m0/s1. The first kappa shape index (κ1) is 18.0. The number of fused-ring (bicyclic) bond motifs is 5. The molecule has 25 heavy (non-hydrogen) atoms. The summed E-state index contributed by atoms with van der Waals surface area (Å²) in [6, 6.07) is 0. The number of carbonyl (C=O) groups excluding carboxylic acids is 1. The van der Waals surface area contributed by atoms with Crippen LogP contribution in [0, 0.1) is 47.3 Å². The summed E-state index contributed by atoms with van der Waals surface area (Å²) in [5.74, 6) is 6.69. The van der Waals surface area contributed by atoms with Crippen LogP contribution in [0.5, 0.6) is 0 Å². The molecule has 0 saturated heterocycles. The van der Waals surface area contributed by atoms with Crippen LogP contribution in [0.1, 0.15) is 85.0 Å². The highest BCUT2D eigenvalue weighted by Gasteiger charge is 2.52. The first-order valence-corrected chi connectivity index (χ1v) is 11.1. The van der Waals surface area contributed by atoms with Crippen molar-refractivity contribution in [3.05, 3.63) is 0 Å². The molecule has 0 aliphatic heterocycles. The molecule has 4 rings (SSSR count). The molecular formula is C23H38O2. The molecule has 2 heteroatoms. The molecule has 0 aromatic carbocycles. The highest BCUT2D eigenvalue weighted by atomic mass is 16.3. The highest BCUT2D eigenvalue weighted by molar-refractivity contribution is 5.78. The van der Waals surface area contributed by atoms with Crippen molar-refractivity contribution in [3.8, 4) is 0 Å². The number of carbonyl (C=O) groups is 1. The Morgan fingerprint density at radius 3 is 2.44 bits per heavy atom. The molecule has 0 aromatic heterocycles. The predicted molar refractivity (Wildman–Crippen MR) is 101 cm³/mol. The topological polar surface area (TPSA) is 37.3 Å². The van der Waals surface area contributed by atoms with Gasteiger partial charge in [-0.2, -0.15) is 0 Å². The van der Waals surface area contributed by atoms with Crippen molar-refractivity contribution in [1.29, 1.82) is 0 Å². The summed E-state index contributed by atoms with van der Waals surface area (Å²) in [6.07, 6.45) is 12.4. The number of hydrogen-bond acceptors (Lipinski definition) is 2. The molecule has 9 atom stereocenters. The summed E-state index contributed by atoms with van der Waals surface area (Å²) in [5.41, 5.74) is -0.409. The molecule has 4 aliphatic rings. The fourth-order valence-electron chi connectivity index (χ4n) is 7.83. The van der Waals surface area contributed by atoms with E-state index < -0.39 is 5.60 Å². The maximum Gasteiger partial charge on any atom is 0.132 e. The predicted octanol–water partition coefficient (Wildman–Crippen LogP) is 5.23. The van der Waals surface area contributed by atoms with Crippen molar-refractivity contribution < 1.29 is 9.90 Å². The minimum Gasteiger partial charge on any atom is -0.390 e. The van der Waals surface area contributed by atoms with E-state index in [1.807, 2.05) is 6.92 Å². The fraction of sp³-hybridized carbons (Fsp3) is 0.957. The number of rotatable bonds is 1. The van der Waals surface area contributed by atoms with Gasteiger partial charge in [0.15, 0.2) is 0 Å². The summed E-state index contributed by atoms with van der Waals surface area (Å²) in [6.45, 7) is 6.36. The highest BCUT2D eigenvalue weighted by Crippen LogP contribution is 2.59. The van der Waals surface area contributed by atoms with Crippen molar-refractivity contribution in [2.45, 2.75) is 90.6 Å². The molecule has 2 nitrogen and oxygen atoms in total. The zero-order chi connectivity index (χ0) is 17.8.